The Kier molecular flexibility index (Phi) is 2.96. The highest BCUT2D eigenvalue weighted by molar-refractivity contribution is 5.43. The van der Waals surface area contributed by atoms with E-state index in [4.69, 9.17) is 0 Å². The fraction of sp³-hybridized carbons (Fsp3) is 0.462. The van der Waals surface area contributed by atoms with E-state index < -0.39 is 0 Å². The molecular formula is C13H17N5. The summed E-state index contributed by atoms with van der Waals surface area (Å²) in [5.74, 6) is 2.42. The summed E-state index contributed by atoms with van der Waals surface area (Å²) in [5, 5.41) is 15.9. The van der Waals surface area contributed by atoms with Crippen molar-refractivity contribution in [1.29, 1.82) is 0 Å². The maximum absolute atomic E-state index is 4.48. The summed E-state index contributed by atoms with van der Waals surface area (Å²) in [6, 6.07) is 3.90. The van der Waals surface area contributed by atoms with Gasteiger partial charge in [-0.25, -0.2) is 0 Å². The Balaban J connectivity index is 1.70. The first-order valence-corrected chi connectivity index (χ1v) is 6.41. The first kappa shape index (κ1) is 11.2. The van der Waals surface area contributed by atoms with Crippen LogP contribution >= 0.6 is 0 Å². The molecule has 3 rings (SSSR count). The maximum Gasteiger partial charge on any atom is 0.178 e. The van der Waals surface area contributed by atoms with Gasteiger partial charge in [0.15, 0.2) is 11.5 Å². The van der Waals surface area contributed by atoms with Gasteiger partial charge in [0.1, 0.15) is 5.82 Å². The summed E-state index contributed by atoms with van der Waals surface area (Å²) in [7, 11) is 0. The number of allylic oxidation sites excluding steroid dienone is 2. The van der Waals surface area contributed by atoms with Gasteiger partial charge in [0.05, 0.1) is 0 Å². The molecule has 0 bridgehead atoms. The van der Waals surface area contributed by atoms with Crippen LogP contribution in [-0.2, 0) is 0 Å². The van der Waals surface area contributed by atoms with Crippen molar-refractivity contribution in [2.24, 2.45) is 5.92 Å². The van der Waals surface area contributed by atoms with Crippen LogP contribution in [-0.4, -0.2) is 26.4 Å². The van der Waals surface area contributed by atoms with Gasteiger partial charge in [-0.05, 0) is 44.2 Å². The average molecular weight is 243 g/mol. The monoisotopic (exact) mass is 243 g/mol. The molecule has 94 valence electrons. The highest BCUT2D eigenvalue weighted by atomic mass is 15.4. The summed E-state index contributed by atoms with van der Waals surface area (Å²) in [6.45, 7) is 2.88. The third-order valence-corrected chi connectivity index (χ3v) is 3.37. The van der Waals surface area contributed by atoms with Crippen molar-refractivity contribution < 1.29 is 0 Å². The molecule has 0 spiro atoms. The summed E-state index contributed by atoms with van der Waals surface area (Å²) >= 11 is 0. The Morgan fingerprint density at radius 1 is 1.33 bits per heavy atom. The van der Waals surface area contributed by atoms with Crippen LogP contribution in [0.1, 0.15) is 25.1 Å². The molecular weight excluding hydrogens is 226 g/mol. The van der Waals surface area contributed by atoms with Crippen LogP contribution in [0.3, 0.4) is 0 Å². The molecule has 0 radical (unpaired) electrons. The number of nitrogens with zero attached hydrogens (tertiary/aromatic N) is 4. The van der Waals surface area contributed by atoms with E-state index in [0.29, 0.717) is 0 Å². The van der Waals surface area contributed by atoms with Gasteiger partial charge in [-0.2, -0.15) is 4.52 Å². The van der Waals surface area contributed by atoms with Gasteiger partial charge in [0.25, 0.3) is 0 Å². The highest BCUT2D eigenvalue weighted by Crippen LogP contribution is 2.18. The molecule has 0 fully saturated rings. The van der Waals surface area contributed by atoms with E-state index in [2.05, 4.69) is 32.8 Å². The molecule has 0 unspecified atom stereocenters. The number of anilines is 1. The number of fused-ring (bicyclic) bond motifs is 1. The molecule has 0 saturated heterocycles. The Hall–Kier alpha value is -1.91. The Morgan fingerprint density at radius 3 is 3.11 bits per heavy atom. The maximum atomic E-state index is 4.48. The molecule has 0 aromatic carbocycles. The lowest BCUT2D eigenvalue weighted by Gasteiger charge is -2.18. The number of aromatic nitrogens is 4. The molecule has 1 N–H and O–H groups in total. The quantitative estimate of drug-likeness (QED) is 0.840. The molecule has 2 aromatic rings. The second-order valence-electron chi connectivity index (χ2n) is 4.77. The van der Waals surface area contributed by atoms with Crippen molar-refractivity contribution >= 4 is 11.5 Å². The Labute approximate surface area is 106 Å². The molecule has 0 aliphatic heterocycles. The molecule has 0 saturated carbocycles. The average Bonchev–Trinajstić information content (AvgIpc) is 2.79. The van der Waals surface area contributed by atoms with Crippen LogP contribution in [0, 0.1) is 12.8 Å². The van der Waals surface area contributed by atoms with Crippen molar-refractivity contribution in [3.8, 4) is 0 Å². The van der Waals surface area contributed by atoms with Crippen molar-refractivity contribution in [3.63, 3.8) is 0 Å². The van der Waals surface area contributed by atoms with Gasteiger partial charge in [0.2, 0.25) is 0 Å². The van der Waals surface area contributed by atoms with Crippen LogP contribution in [0.4, 0.5) is 5.82 Å². The van der Waals surface area contributed by atoms with Crippen molar-refractivity contribution in [2.75, 3.05) is 11.9 Å². The normalized spacial score (nSPS) is 19.3. The molecule has 2 aromatic heterocycles. The van der Waals surface area contributed by atoms with Crippen LogP contribution in [0.5, 0.6) is 0 Å². The smallest absolute Gasteiger partial charge is 0.178 e. The largest absolute Gasteiger partial charge is 0.368 e. The zero-order valence-corrected chi connectivity index (χ0v) is 10.5. The number of nitrogens with one attached hydrogen (secondary N) is 1. The molecule has 18 heavy (non-hydrogen) atoms. The minimum atomic E-state index is 0.717. The van der Waals surface area contributed by atoms with E-state index in [1.54, 1.807) is 4.52 Å². The molecule has 1 aliphatic carbocycles. The van der Waals surface area contributed by atoms with Gasteiger partial charge in [-0.1, -0.05) is 12.2 Å². The van der Waals surface area contributed by atoms with Gasteiger partial charge < -0.3 is 5.32 Å². The lowest BCUT2D eigenvalue weighted by atomic mass is 9.94. The fourth-order valence-electron chi connectivity index (χ4n) is 2.28. The highest BCUT2D eigenvalue weighted by Gasteiger charge is 2.10. The van der Waals surface area contributed by atoms with E-state index in [-0.39, 0.29) is 0 Å². The molecule has 1 aliphatic rings. The topological polar surface area (TPSA) is 55.1 Å². The molecule has 1 atom stereocenters. The van der Waals surface area contributed by atoms with E-state index in [1.165, 1.54) is 19.3 Å². The Morgan fingerprint density at radius 2 is 2.28 bits per heavy atom. The van der Waals surface area contributed by atoms with Crippen LogP contribution < -0.4 is 5.32 Å². The van der Waals surface area contributed by atoms with Crippen LogP contribution in [0.15, 0.2) is 24.3 Å². The molecule has 5 heteroatoms. The standard InChI is InChI=1S/C13H17N5/c1-10-15-16-13-8-7-12(17-18(10)13)14-9-11-5-3-2-4-6-11/h2-3,7-8,11H,4-6,9H2,1H3,(H,14,17)/t11-/m0/s1. The Bertz CT molecular complexity index is 572. The molecule has 5 nitrogen and oxygen atoms in total. The van der Waals surface area contributed by atoms with Gasteiger partial charge in [-0.3, -0.25) is 0 Å². The van der Waals surface area contributed by atoms with Gasteiger partial charge in [-0.15, -0.1) is 15.3 Å². The lowest BCUT2D eigenvalue weighted by Crippen LogP contribution is -2.16. The summed E-state index contributed by atoms with van der Waals surface area (Å²) in [6.07, 6.45) is 8.17. The number of hydrogen-bond donors (Lipinski definition) is 1. The first-order valence-electron chi connectivity index (χ1n) is 6.41. The van der Waals surface area contributed by atoms with E-state index in [1.807, 2.05) is 19.1 Å². The van der Waals surface area contributed by atoms with Gasteiger partial charge >= 0.3 is 0 Å². The van der Waals surface area contributed by atoms with E-state index in [0.717, 1.165) is 29.8 Å². The number of rotatable bonds is 3. The van der Waals surface area contributed by atoms with Crippen molar-refractivity contribution in [1.82, 2.24) is 19.8 Å². The summed E-state index contributed by atoms with van der Waals surface area (Å²) in [4.78, 5) is 0. The van der Waals surface area contributed by atoms with Crippen molar-refractivity contribution in [3.05, 3.63) is 30.1 Å². The summed E-state index contributed by atoms with van der Waals surface area (Å²) in [5.41, 5.74) is 0.790. The fourth-order valence-corrected chi connectivity index (χ4v) is 2.28. The third kappa shape index (κ3) is 2.20. The lowest BCUT2D eigenvalue weighted by molar-refractivity contribution is 0.503. The van der Waals surface area contributed by atoms with Crippen LogP contribution in [0.2, 0.25) is 0 Å². The summed E-state index contributed by atoms with van der Waals surface area (Å²) < 4.78 is 1.77. The van der Waals surface area contributed by atoms with Gasteiger partial charge in [0, 0.05) is 6.54 Å². The second-order valence-corrected chi connectivity index (χ2v) is 4.77. The number of aryl methyl sites for hydroxylation is 1. The minimum Gasteiger partial charge on any atom is -0.368 e. The zero-order valence-electron chi connectivity index (χ0n) is 10.5. The number of hydrogen-bond acceptors (Lipinski definition) is 4. The second kappa shape index (κ2) is 4.76. The predicted octanol–water partition coefficient (Wildman–Crippen LogP) is 2.20. The SMILES string of the molecule is Cc1nnc2ccc(NC[C@H]3CC=CCC3)nn12. The third-order valence-electron chi connectivity index (χ3n) is 3.37. The first-order chi connectivity index (χ1) is 8.83. The minimum absolute atomic E-state index is 0.717. The zero-order chi connectivity index (χ0) is 12.4. The molecule has 2 heterocycles. The van der Waals surface area contributed by atoms with E-state index >= 15 is 0 Å². The van der Waals surface area contributed by atoms with E-state index in [9.17, 15) is 0 Å². The predicted molar refractivity (Wildman–Crippen MR) is 70.5 cm³/mol. The van der Waals surface area contributed by atoms with Crippen LogP contribution in [0.25, 0.3) is 5.65 Å². The van der Waals surface area contributed by atoms with Crippen molar-refractivity contribution in [2.45, 2.75) is 26.2 Å². The molecule has 0 amide bonds.